The zero-order valence-corrected chi connectivity index (χ0v) is 11.6. The smallest absolute Gasteiger partial charge is 0.0889 e. The van der Waals surface area contributed by atoms with Crippen LogP contribution in [0.25, 0.3) is 0 Å². The molecule has 2 atom stereocenters. The van der Waals surface area contributed by atoms with Crippen molar-refractivity contribution >= 4 is 0 Å². The van der Waals surface area contributed by atoms with Crippen molar-refractivity contribution in [1.82, 2.24) is 0 Å². The lowest BCUT2D eigenvalue weighted by molar-refractivity contribution is 0.0354. The lowest BCUT2D eigenvalue weighted by Gasteiger charge is -2.31. The molecule has 2 rings (SSSR count). The standard InChI is InChI=1S/C18H24O/c1-2-17(13-12-16-10-6-5-7-11-16)18(19)14-8-3-4-9-15-18/h2,5-8,10-11,14,17,19H,1,3-4,9,12-13,15H2. The Morgan fingerprint density at radius 3 is 2.79 bits per heavy atom. The summed E-state index contributed by atoms with van der Waals surface area (Å²) >= 11 is 0. The van der Waals surface area contributed by atoms with E-state index < -0.39 is 5.60 Å². The van der Waals surface area contributed by atoms with Crippen molar-refractivity contribution in [2.24, 2.45) is 5.92 Å². The van der Waals surface area contributed by atoms with E-state index in [1.165, 1.54) is 12.0 Å². The zero-order valence-electron chi connectivity index (χ0n) is 11.6. The summed E-state index contributed by atoms with van der Waals surface area (Å²) in [5.41, 5.74) is 0.642. The van der Waals surface area contributed by atoms with Gasteiger partial charge >= 0.3 is 0 Å². The Bertz CT molecular complexity index is 421. The Labute approximate surface area is 116 Å². The third-order valence-electron chi connectivity index (χ3n) is 4.12. The number of aliphatic hydroxyl groups is 1. The average molecular weight is 256 g/mol. The van der Waals surface area contributed by atoms with Crippen LogP contribution in [0.15, 0.2) is 55.1 Å². The Morgan fingerprint density at radius 1 is 1.26 bits per heavy atom. The zero-order chi connectivity index (χ0) is 13.6. The van der Waals surface area contributed by atoms with Crippen LogP contribution in [-0.2, 0) is 6.42 Å². The molecule has 0 saturated heterocycles. The Morgan fingerprint density at radius 2 is 2.05 bits per heavy atom. The van der Waals surface area contributed by atoms with Crippen LogP contribution in [0, 0.1) is 5.92 Å². The SMILES string of the molecule is C=CC(CCc1ccccc1)C1(O)C=CCCCC1. The van der Waals surface area contributed by atoms with Gasteiger partial charge in [0.05, 0.1) is 5.60 Å². The van der Waals surface area contributed by atoms with Gasteiger partial charge in [-0.25, -0.2) is 0 Å². The third kappa shape index (κ3) is 3.81. The number of hydrogen-bond donors (Lipinski definition) is 1. The predicted octanol–water partition coefficient (Wildman–Crippen LogP) is 4.28. The van der Waals surface area contributed by atoms with E-state index in [1.54, 1.807) is 0 Å². The van der Waals surface area contributed by atoms with E-state index in [2.05, 4.69) is 36.9 Å². The molecule has 0 radical (unpaired) electrons. The molecule has 1 aromatic carbocycles. The van der Waals surface area contributed by atoms with Gasteiger partial charge in [0.25, 0.3) is 0 Å². The van der Waals surface area contributed by atoms with Crippen molar-refractivity contribution in [3.8, 4) is 0 Å². The molecule has 1 aliphatic rings. The van der Waals surface area contributed by atoms with Gasteiger partial charge in [0.1, 0.15) is 0 Å². The fraction of sp³-hybridized carbons (Fsp3) is 0.444. The molecule has 1 aromatic rings. The second-order valence-electron chi connectivity index (χ2n) is 5.51. The highest BCUT2D eigenvalue weighted by Gasteiger charge is 2.32. The molecule has 0 saturated carbocycles. The highest BCUT2D eigenvalue weighted by atomic mass is 16.3. The van der Waals surface area contributed by atoms with Crippen LogP contribution in [0.1, 0.15) is 37.7 Å². The van der Waals surface area contributed by atoms with Crippen LogP contribution in [0.4, 0.5) is 0 Å². The van der Waals surface area contributed by atoms with E-state index >= 15 is 0 Å². The van der Waals surface area contributed by atoms with Crippen LogP contribution in [0.2, 0.25) is 0 Å². The van der Waals surface area contributed by atoms with Gasteiger partial charge in [0.2, 0.25) is 0 Å². The molecule has 19 heavy (non-hydrogen) atoms. The van der Waals surface area contributed by atoms with Crippen molar-refractivity contribution in [2.75, 3.05) is 0 Å². The van der Waals surface area contributed by atoms with Crippen molar-refractivity contribution in [1.29, 1.82) is 0 Å². The van der Waals surface area contributed by atoms with Crippen LogP contribution >= 0.6 is 0 Å². The molecule has 1 N–H and O–H groups in total. The van der Waals surface area contributed by atoms with Crippen molar-refractivity contribution in [2.45, 2.75) is 44.1 Å². The molecule has 0 aromatic heterocycles. The minimum atomic E-state index is -0.687. The molecular weight excluding hydrogens is 232 g/mol. The van der Waals surface area contributed by atoms with Gasteiger partial charge < -0.3 is 5.11 Å². The molecule has 0 aliphatic heterocycles. The topological polar surface area (TPSA) is 20.2 Å². The maximum absolute atomic E-state index is 10.8. The first-order chi connectivity index (χ1) is 9.24. The number of benzene rings is 1. The fourth-order valence-electron chi connectivity index (χ4n) is 2.89. The van der Waals surface area contributed by atoms with Crippen LogP contribution in [-0.4, -0.2) is 10.7 Å². The van der Waals surface area contributed by atoms with E-state index in [-0.39, 0.29) is 5.92 Å². The van der Waals surface area contributed by atoms with Gasteiger partial charge in [-0.05, 0) is 44.1 Å². The molecular formula is C18H24O. The summed E-state index contributed by atoms with van der Waals surface area (Å²) in [6.07, 6.45) is 12.2. The highest BCUT2D eigenvalue weighted by Crippen LogP contribution is 2.32. The van der Waals surface area contributed by atoms with Crippen LogP contribution < -0.4 is 0 Å². The van der Waals surface area contributed by atoms with E-state index in [4.69, 9.17) is 0 Å². The highest BCUT2D eigenvalue weighted by molar-refractivity contribution is 5.16. The second kappa shape index (κ2) is 6.72. The number of rotatable bonds is 5. The molecule has 1 heteroatoms. The first-order valence-electron chi connectivity index (χ1n) is 7.31. The molecule has 102 valence electrons. The molecule has 0 amide bonds. The Hall–Kier alpha value is -1.34. The summed E-state index contributed by atoms with van der Waals surface area (Å²) in [4.78, 5) is 0. The molecule has 0 fully saturated rings. The van der Waals surface area contributed by atoms with Crippen molar-refractivity contribution in [3.63, 3.8) is 0 Å². The largest absolute Gasteiger partial charge is 0.385 e. The van der Waals surface area contributed by atoms with Gasteiger partial charge in [-0.15, -0.1) is 6.58 Å². The monoisotopic (exact) mass is 256 g/mol. The first kappa shape index (κ1) is 14.1. The molecule has 0 bridgehead atoms. The van der Waals surface area contributed by atoms with Gasteiger partial charge in [-0.2, -0.15) is 0 Å². The van der Waals surface area contributed by atoms with E-state index in [1.807, 2.05) is 18.2 Å². The third-order valence-corrected chi connectivity index (χ3v) is 4.12. The van der Waals surface area contributed by atoms with Crippen molar-refractivity contribution < 1.29 is 5.11 Å². The van der Waals surface area contributed by atoms with Crippen molar-refractivity contribution in [3.05, 3.63) is 60.7 Å². The summed E-state index contributed by atoms with van der Waals surface area (Å²) in [6, 6.07) is 10.5. The molecule has 0 heterocycles. The summed E-state index contributed by atoms with van der Waals surface area (Å²) in [5.74, 6) is 0.141. The van der Waals surface area contributed by atoms with Gasteiger partial charge in [0, 0.05) is 5.92 Å². The summed E-state index contributed by atoms with van der Waals surface area (Å²) < 4.78 is 0. The summed E-state index contributed by atoms with van der Waals surface area (Å²) in [6.45, 7) is 3.93. The number of allylic oxidation sites excluding steroid dienone is 1. The van der Waals surface area contributed by atoms with Crippen LogP contribution in [0.3, 0.4) is 0 Å². The lowest BCUT2D eigenvalue weighted by atomic mass is 9.80. The quantitative estimate of drug-likeness (QED) is 0.779. The van der Waals surface area contributed by atoms with E-state index in [9.17, 15) is 5.11 Å². The minimum absolute atomic E-state index is 0.141. The van der Waals surface area contributed by atoms with Gasteiger partial charge in [0.15, 0.2) is 0 Å². The summed E-state index contributed by atoms with van der Waals surface area (Å²) in [7, 11) is 0. The molecule has 1 aliphatic carbocycles. The molecule has 0 spiro atoms. The average Bonchev–Trinajstić information content (AvgIpc) is 2.66. The maximum Gasteiger partial charge on any atom is 0.0889 e. The molecule has 2 unspecified atom stereocenters. The predicted molar refractivity (Wildman–Crippen MR) is 81.0 cm³/mol. The summed E-state index contributed by atoms with van der Waals surface area (Å²) in [5, 5.41) is 10.8. The first-order valence-corrected chi connectivity index (χ1v) is 7.31. The Balaban J connectivity index is 2.01. The minimum Gasteiger partial charge on any atom is -0.385 e. The maximum atomic E-state index is 10.8. The fourth-order valence-corrected chi connectivity index (χ4v) is 2.89. The number of aryl methyl sites for hydroxylation is 1. The van der Waals surface area contributed by atoms with Gasteiger partial charge in [-0.3, -0.25) is 0 Å². The lowest BCUT2D eigenvalue weighted by Crippen LogP contribution is -2.34. The van der Waals surface area contributed by atoms with E-state index in [0.29, 0.717) is 0 Å². The Kier molecular flexibility index (Phi) is 4.98. The van der Waals surface area contributed by atoms with E-state index in [0.717, 1.165) is 32.1 Å². The normalized spacial score (nSPS) is 24.7. The second-order valence-corrected chi connectivity index (χ2v) is 5.51. The number of hydrogen-bond acceptors (Lipinski definition) is 1. The van der Waals surface area contributed by atoms with Gasteiger partial charge in [-0.1, -0.05) is 48.6 Å². The van der Waals surface area contributed by atoms with Crippen LogP contribution in [0.5, 0.6) is 0 Å². The molecule has 1 nitrogen and oxygen atoms in total.